The maximum Gasteiger partial charge on any atom is 0.251 e. The third-order valence-corrected chi connectivity index (χ3v) is 5.11. The van der Waals surface area contributed by atoms with Gasteiger partial charge >= 0.3 is 0 Å². The smallest absolute Gasteiger partial charge is 0.251 e. The number of carbonyl (C=O) groups excluding carboxylic acids is 1. The van der Waals surface area contributed by atoms with Gasteiger partial charge in [0.25, 0.3) is 5.91 Å². The lowest BCUT2D eigenvalue weighted by molar-refractivity contribution is 0.0927. The molecule has 27 heavy (non-hydrogen) atoms. The summed E-state index contributed by atoms with van der Waals surface area (Å²) < 4.78 is 5.46. The molecule has 0 spiro atoms. The topological polar surface area (TPSA) is 41.6 Å². The molecule has 0 unspecified atom stereocenters. The van der Waals surface area contributed by atoms with Gasteiger partial charge in [-0.1, -0.05) is 43.0 Å². The second kappa shape index (κ2) is 9.38. The fourth-order valence-corrected chi connectivity index (χ4v) is 3.52. The fourth-order valence-electron chi connectivity index (χ4n) is 3.52. The molecule has 0 aromatic heterocycles. The number of amides is 1. The molecule has 4 heteroatoms. The van der Waals surface area contributed by atoms with Crippen LogP contribution < -0.4 is 10.1 Å². The molecule has 0 aliphatic carbocycles. The minimum Gasteiger partial charge on any atom is -0.490 e. The predicted molar refractivity (Wildman–Crippen MR) is 109 cm³/mol. The van der Waals surface area contributed by atoms with Crippen LogP contribution in [-0.2, 0) is 6.54 Å². The molecule has 1 saturated heterocycles. The van der Waals surface area contributed by atoms with Crippen molar-refractivity contribution in [2.45, 2.75) is 25.9 Å². The van der Waals surface area contributed by atoms with Crippen LogP contribution in [0.25, 0.3) is 0 Å². The van der Waals surface area contributed by atoms with E-state index in [1.54, 1.807) is 18.2 Å². The van der Waals surface area contributed by atoms with Crippen molar-refractivity contribution in [3.8, 4) is 5.75 Å². The molecular formula is C23H28N2O2. The number of likely N-dealkylation sites (tertiary alicyclic amines) is 1. The van der Waals surface area contributed by atoms with Gasteiger partial charge in [0.05, 0.1) is 0 Å². The second-order valence-corrected chi connectivity index (χ2v) is 7.16. The summed E-state index contributed by atoms with van der Waals surface area (Å²) in [6.45, 7) is 9.27. The molecule has 2 aromatic carbocycles. The van der Waals surface area contributed by atoms with E-state index in [0.717, 1.165) is 31.8 Å². The summed E-state index contributed by atoms with van der Waals surface area (Å²) in [5, 5.41) is 3.16. The van der Waals surface area contributed by atoms with Gasteiger partial charge in [0.15, 0.2) is 0 Å². The van der Waals surface area contributed by atoms with Gasteiger partial charge in [-0.25, -0.2) is 0 Å². The highest BCUT2D eigenvalue weighted by molar-refractivity contribution is 5.94. The van der Waals surface area contributed by atoms with Crippen LogP contribution in [0.1, 0.15) is 29.3 Å². The number of nitrogens with zero attached hydrogens (tertiary/aromatic N) is 1. The maximum absolute atomic E-state index is 12.5. The van der Waals surface area contributed by atoms with Crippen LogP contribution in [0.5, 0.6) is 5.75 Å². The van der Waals surface area contributed by atoms with Gasteiger partial charge in [-0.3, -0.25) is 9.69 Å². The van der Waals surface area contributed by atoms with Gasteiger partial charge < -0.3 is 10.1 Å². The van der Waals surface area contributed by atoms with Crippen LogP contribution in [0.3, 0.4) is 0 Å². The first-order chi connectivity index (χ1) is 13.2. The van der Waals surface area contributed by atoms with Crippen LogP contribution in [0.15, 0.2) is 67.3 Å². The number of hydrogen-bond donors (Lipinski definition) is 1. The number of carbonyl (C=O) groups is 1. The van der Waals surface area contributed by atoms with Crippen molar-refractivity contribution in [2.24, 2.45) is 5.92 Å². The summed E-state index contributed by atoms with van der Waals surface area (Å²) >= 11 is 0. The van der Waals surface area contributed by atoms with Crippen LogP contribution in [0, 0.1) is 5.92 Å². The van der Waals surface area contributed by atoms with E-state index < -0.39 is 0 Å². The minimum atomic E-state index is -0.0284. The Hall–Kier alpha value is -2.59. The number of benzene rings is 2. The normalized spacial score (nSPS) is 18.0. The Labute approximate surface area is 161 Å². The molecule has 1 amide bonds. The Kier molecular flexibility index (Phi) is 6.66. The highest BCUT2D eigenvalue weighted by Crippen LogP contribution is 2.22. The van der Waals surface area contributed by atoms with Crippen molar-refractivity contribution in [1.29, 1.82) is 0 Å². The molecule has 1 heterocycles. The van der Waals surface area contributed by atoms with E-state index in [9.17, 15) is 4.79 Å². The largest absolute Gasteiger partial charge is 0.490 e. The van der Waals surface area contributed by atoms with Gasteiger partial charge in [-0.2, -0.15) is 0 Å². The fraction of sp³-hybridized carbons (Fsp3) is 0.348. The first-order valence-corrected chi connectivity index (χ1v) is 9.56. The molecule has 2 aromatic rings. The zero-order valence-corrected chi connectivity index (χ0v) is 15.9. The highest BCUT2D eigenvalue weighted by atomic mass is 16.5. The number of nitrogens with one attached hydrogen (secondary N) is 1. The third-order valence-electron chi connectivity index (χ3n) is 5.11. The van der Waals surface area contributed by atoms with Crippen LogP contribution in [-0.4, -0.2) is 36.5 Å². The average Bonchev–Trinajstić information content (AvgIpc) is 3.16. The molecule has 1 N–H and O–H groups in total. The van der Waals surface area contributed by atoms with Crippen molar-refractivity contribution in [1.82, 2.24) is 10.2 Å². The Morgan fingerprint density at radius 3 is 2.70 bits per heavy atom. The van der Waals surface area contributed by atoms with Crippen molar-refractivity contribution in [2.75, 3.05) is 19.7 Å². The zero-order valence-electron chi connectivity index (χ0n) is 15.9. The van der Waals surface area contributed by atoms with Crippen LogP contribution in [0.2, 0.25) is 0 Å². The summed E-state index contributed by atoms with van der Waals surface area (Å²) in [6, 6.07) is 17.9. The summed E-state index contributed by atoms with van der Waals surface area (Å²) in [7, 11) is 0. The lowest BCUT2D eigenvalue weighted by atomic mass is 10.00. The molecule has 2 atom stereocenters. The van der Waals surface area contributed by atoms with Crippen molar-refractivity contribution in [3.05, 3.63) is 78.4 Å². The first-order valence-electron chi connectivity index (χ1n) is 9.56. The summed E-state index contributed by atoms with van der Waals surface area (Å²) in [5.74, 6) is 1.19. The Bertz CT molecular complexity index is 743. The van der Waals surface area contributed by atoms with Crippen LogP contribution in [0.4, 0.5) is 0 Å². The van der Waals surface area contributed by atoms with Gasteiger partial charge in [-0.15, -0.1) is 0 Å². The number of ether oxygens (including phenoxy) is 1. The minimum absolute atomic E-state index is 0.0284. The van der Waals surface area contributed by atoms with E-state index >= 15 is 0 Å². The quantitative estimate of drug-likeness (QED) is 0.723. The van der Waals surface area contributed by atoms with E-state index in [1.165, 1.54) is 5.56 Å². The molecule has 0 radical (unpaired) electrons. The lowest BCUT2D eigenvalue weighted by Gasteiger charge is -2.22. The molecule has 142 valence electrons. The highest BCUT2D eigenvalue weighted by Gasteiger charge is 2.28. The van der Waals surface area contributed by atoms with E-state index in [2.05, 4.69) is 48.0 Å². The first kappa shape index (κ1) is 19.2. The molecule has 1 fully saturated rings. The van der Waals surface area contributed by atoms with Crippen molar-refractivity contribution in [3.63, 3.8) is 0 Å². The SMILES string of the molecule is C=CCOc1ccc(C(=O)N[C@@H](C)[C@H]2CCN(Cc3ccccc3)C2)cc1. The van der Waals surface area contributed by atoms with Gasteiger partial charge in [0.1, 0.15) is 12.4 Å². The zero-order chi connectivity index (χ0) is 19.1. The molecule has 3 rings (SSSR count). The van der Waals surface area contributed by atoms with Gasteiger partial charge in [0, 0.05) is 24.7 Å². The summed E-state index contributed by atoms with van der Waals surface area (Å²) in [5.41, 5.74) is 2.00. The third kappa shape index (κ3) is 5.44. The maximum atomic E-state index is 12.5. The molecular weight excluding hydrogens is 336 g/mol. The Balaban J connectivity index is 1.49. The molecule has 1 aliphatic rings. The molecule has 0 bridgehead atoms. The summed E-state index contributed by atoms with van der Waals surface area (Å²) in [6.07, 6.45) is 2.81. The lowest BCUT2D eigenvalue weighted by Crippen LogP contribution is -2.39. The summed E-state index contributed by atoms with van der Waals surface area (Å²) in [4.78, 5) is 15.0. The van der Waals surface area contributed by atoms with Crippen molar-refractivity contribution < 1.29 is 9.53 Å². The van der Waals surface area contributed by atoms with E-state index in [4.69, 9.17) is 4.74 Å². The Morgan fingerprint density at radius 1 is 1.26 bits per heavy atom. The van der Waals surface area contributed by atoms with Gasteiger partial charge in [0.2, 0.25) is 0 Å². The number of hydrogen-bond acceptors (Lipinski definition) is 3. The molecule has 4 nitrogen and oxygen atoms in total. The van der Waals surface area contributed by atoms with Gasteiger partial charge in [-0.05, 0) is 55.6 Å². The van der Waals surface area contributed by atoms with E-state index in [-0.39, 0.29) is 11.9 Å². The second-order valence-electron chi connectivity index (χ2n) is 7.16. The molecule has 1 aliphatic heterocycles. The van der Waals surface area contributed by atoms with E-state index in [1.807, 2.05) is 18.2 Å². The Morgan fingerprint density at radius 2 is 2.00 bits per heavy atom. The standard InChI is InChI=1S/C23H28N2O2/c1-3-15-27-22-11-9-20(10-12-22)23(26)24-18(2)21-13-14-25(17-21)16-19-7-5-4-6-8-19/h3-12,18,21H,1,13-17H2,2H3,(H,24,26)/t18-,21-/m0/s1. The predicted octanol–water partition coefficient (Wildman–Crippen LogP) is 3.89. The van der Waals surface area contributed by atoms with Crippen molar-refractivity contribution >= 4 is 5.91 Å². The van der Waals surface area contributed by atoms with E-state index in [0.29, 0.717) is 18.1 Å². The monoisotopic (exact) mass is 364 g/mol. The average molecular weight is 364 g/mol. The number of rotatable bonds is 8. The van der Waals surface area contributed by atoms with Crippen LogP contribution >= 0.6 is 0 Å². The molecule has 0 saturated carbocycles.